The molecule has 2 aromatic heterocycles. The number of guanidine groups is 1. The molecule has 6 rings (SSSR count). The molecule has 0 unspecified atom stereocenters. The monoisotopic (exact) mass is 556 g/mol. The molecule has 0 spiro atoms. The molecule has 214 valence electrons. The van der Waals surface area contributed by atoms with Crippen LogP contribution in [-0.2, 0) is 11.8 Å². The number of rotatable bonds is 4. The maximum atomic E-state index is 13.6. The molecular weight excluding hydrogens is 520 g/mol. The first kappa shape index (κ1) is 26.9. The van der Waals surface area contributed by atoms with E-state index in [1.807, 2.05) is 51.2 Å². The van der Waals surface area contributed by atoms with Crippen LogP contribution in [0, 0.1) is 18.8 Å². The summed E-state index contributed by atoms with van der Waals surface area (Å²) in [6, 6.07) is 9.29. The summed E-state index contributed by atoms with van der Waals surface area (Å²) in [6.45, 7) is 3.46. The van der Waals surface area contributed by atoms with Crippen LogP contribution in [0.2, 0.25) is 0 Å². The molecule has 11 nitrogen and oxygen atoms in total. The van der Waals surface area contributed by atoms with Gasteiger partial charge in [0.05, 0.1) is 42.0 Å². The number of aromatic nitrogens is 3. The molecule has 2 bridgehead atoms. The molecule has 11 heteroatoms. The Morgan fingerprint density at radius 2 is 2.00 bits per heavy atom. The van der Waals surface area contributed by atoms with Gasteiger partial charge in [0.1, 0.15) is 0 Å². The lowest BCUT2D eigenvalue weighted by atomic mass is 9.97. The van der Waals surface area contributed by atoms with E-state index in [9.17, 15) is 9.59 Å². The van der Waals surface area contributed by atoms with E-state index in [-0.39, 0.29) is 11.8 Å². The van der Waals surface area contributed by atoms with E-state index in [1.54, 1.807) is 23.0 Å². The molecular formula is C30H36N8O3. The van der Waals surface area contributed by atoms with Crippen LogP contribution in [0.5, 0.6) is 5.88 Å². The quantitative estimate of drug-likeness (QED) is 0.497. The Labute approximate surface area is 239 Å². The highest BCUT2D eigenvalue weighted by Crippen LogP contribution is 2.43. The Bertz CT molecular complexity index is 1520. The maximum Gasteiger partial charge on any atom is 0.280 e. The van der Waals surface area contributed by atoms with Crippen molar-refractivity contribution in [3.05, 3.63) is 47.8 Å². The van der Waals surface area contributed by atoms with Crippen LogP contribution in [-0.4, -0.2) is 71.2 Å². The smallest absolute Gasteiger partial charge is 0.280 e. The summed E-state index contributed by atoms with van der Waals surface area (Å²) < 4.78 is 7.96. The number of fused-ring (bicyclic) bond motifs is 7. The average molecular weight is 557 g/mol. The lowest BCUT2D eigenvalue weighted by molar-refractivity contribution is -0.116. The Balaban J connectivity index is 1.38. The zero-order chi connectivity index (χ0) is 28.7. The third-order valence-corrected chi connectivity index (χ3v) is 7.77. The minimum absolute atomic E-state index is 0.0908. The molecule has 2 aliphatic heterocycles. The number of likely N-dealkylation sites (N-methyl/N-ethyl adjacent to an activating group) is 1. The molecule has 1 atom stereocenters. The number of hydrogen-bond donors (Lipinski definition) is 2. The second-order valence-corrected chi connectivity index (χ2v) is 11.5. The Morgan fingerprint density at radius 1 is 1.17 bits per heavy atom. The number of nitrogens with zero attached hydrogens (tertiary/aromatic N) is 6. The van der Waals surface area contributed by atoms with Gasteiger partial charge in [-0.05, 0) is 88.9 Å². The van der Waals surface area contributed by atoms with Crippen LogP contribution in [0.4, 0.5) is 17.1 Å². The predicted molar refractivity (Wildman–Crippen MR) is 158 cm³/mol. The topological polar surface area (TPSA) is 117 Å². The summed E-state index contributed by atoms with van der Waals surface area (Å²) in [5, 5.41) is 10.7. The molecule has 1 saturated carbocycles. The summed E-state index contributed by atoms with van der Waals surface area (Å²) in [5.74, 6) is 1.76. The van der Waals surface area contributed by atoms with Crippen molar-refractivity contribution in [2.75, 3.05) is 49.3 Å². The van der Waals surface area contributed by atoms with Crippen molar-refractivity contribution in [2.45, 2.75) is 32.6 Å². The first-order valence-electron chi connectivity index (χ1n) is 14.1. The van der Waals surface area contributed by atoms with Crippen molar-refractivity contribution in [1.82, 2.24) is 19.7 Å². The van der Waals surface area contributed by atoms with Crippen LogP contribution in [0.25, 0.3) is 11.3 Å². The number of carbonyl (C=O) groups is 2. The predicted octanol–water partition coefficient (Wildman–Crippen LogP) is 3.92. The van der Waals surface area contributed by atoms with Gasteiger partial charge < -0.3 is 25.2 Å². The molecule has 1 fully saturated rings. The summed E-state index contributed by atoms with van der Waals surface area (Å²) in [5.41, 5.74) is 4.97. The maximum absolute atomic E-state index is 13.6. The van der Waals surface area contributed by atoms with Crippen LogP contribution in [0.15, 0.2) is 41.5 Å². The van der Waals surface area contributed by atoms with Crippen molar-refractivity contribution >= 4 is 34.8 Å². The number of carbonyl (C=O) groups excluding carboxylic acids is 2. The average Bonchev–Trinajstić information content (AvgIpc) is 3.62. The Morgan fingerprint density at radius 3 is 2.78 bits per heavy atom. The van der Waals surface area contributed by atoms with Gasteiger partial charge in [-0.3, -0.25) is 14.6 Å². The van der Waals surface area contributed by atoms with Crippen molar-refractivity contribution in [3.63, 3.8) is 0 Å². The van der Waals surface area contributed by atoms with Crippen molar-refractivity contribution in [2.24, 2.45) is 23.9 Å². The lowest BCUT2D eigenvalue weighted by Crippen LogP contribution is -2.36. The van der Waals surface area contributed by atoms with Gasteiger partial charge in [0, 0.05) is 30.5 Å². The third kappa shape index (κ3) is 5.81. The number of benzene rings is 1. The van der Waals surface area contributed by atoms with Crippen molar-refractivity contribution < 1.29 is 14.3 Å². The largest absolute Gasteiger partial charge is 0.477 e. The minimum Gasteiger partial charge on any atom is -0.477 e. The number of hydrogen-bond acceptors (Lipinski definition) is 8. The zero-order valence-electron chi connectivity index (χ0n) is 24.0. The van der Waals surface area contributed by atoms with Crippen LogP contribution >= 0.6 is 0 Å². The Kier molecular flexibility index (Phi) is 7.21. The van der Waals surface area contributed by atoms with Crippen molar-refractivity contribution in [3.8, 4) is 17.1 Å². The highest BCUT2D eigenvalue weighted by atomic mass is 16.5. The SMILES string of the molecule is Cc1cc2cc(n1)-c1cnn(C)c1OCCC[C@@H](C1CC1)CN1/C(=N/C2=O)Nc2cc(NC(=O)CN(C)C)ccc21. The number of pyridine rings is 1. The van der Waals surface area contributed by atoms with Gasteiger partial charge in [-0.25, -0.2) is 4.68 Å². The van der Waals surface area contributed by atoms with Gasteiger partial charge in [-0.2, -0.15) is 10.1 Å². The summed E-state index contributed by atoms with van der Waals surface area (Å²) >= 11 is 0. The highest BCUT2D eigenvalue weighted by molar-refractivity contribution is 6.19. The van der Waals surface area contributed by atoms with E-state index in [0.717, 1.165) is 36.3 Å². The van der Waals surface area contributed by atoms with Crippen LogP contribution < -0.4 is 20.3 Å². The molecule has 2 amide bonds. The normalized spacial score (nSPS) is 20.0. The number of amides is 2. The molecule has 4 heterocycles. The van der Waals surface area contributed by atoms with E-state index >= 15 is 0 Å². The molecule has 0 radical (unpaired) electrons. The first-order chi connectivity index (χ1) is 19.7. The number of anilines is 3. The van der Waals surface area contributed by atoms with Crippen LogP contribution in [0.1, 0.15) is 41.7 Å². The van der Waals surface area contributed by atoms with Crippen molar-refractivity contribution in [1.29, 1.82) is 0 Å². The highest BCUT2D eigenvalue weighted by Gasteiger charge is 2.36. The Hall–Kier alpha value is -4.25. The van der Waals surface area contributed by atoms with Gasteiger partial charge >= 0.3 is 0 Å². The fourth-order valence-corrected chi connectivity index (χ4v) is 5.67. The van der Waals surface area contributed by atoms with Crippen LogP contribution in [0.3, 0.4) is 0 Å². The fraction of sp³-hybridized carbons (Fsp3) is 0.433. The summed E-state index contributed by atoms with van der Waals surface area (Å²) in [7, 11) is 5.57. The number of ether oxygens (including phenoxy) is 1. The van der Waals surface area contributed by atoms with Gasteiger partial charge in [0.2, 0.25) is 17.7 Å². The van der Waals surface area contributed by atoms with E-state index in [2.05, 4.69) is 30.6 Å². The molecule has 3 aliphatic rings. The van der Waals surface area contributed by atoms with Gasteiger partial charge in [0.15, 0.2) is 0 Å². The molecule has 0 saturated heterocycles. The molecule has 41 heavy (non-hydrogen) atoms. The molecule has 1 aliphatic carbocycles. The molecule has 3 aromatic rings. The van der Waals surface area contributed by atoms with E-state index in [1.165, 1.54) is 12.8 Å². The number of nitrogens with one attached hydrogen (secondary N) is 2. The molecule has 1 aromatic carbocycles. The van der Waals surface area contributed by atoms with Gasteiger partial charge in [-0.1, -0.05) is 0 Å². The fourth-order valence-electron chi connectivity index (χ4n) is 5.67. The van der Waals surface area contributed by atoms with Gasteiger partial charge in [-0.15, -0.1) is 0 Å². The van der Waals surface area contributed by atoms with E-state index in [0.29, 0.717) is 59.5 Å². The lowest BCUT2D eigenvalue weighted by Gasteiger charge is -2.25. The third-order valence-electron chi connectivity index (χ3n) is 7.77. The number of aliphatic imine (C=N–C) groups is 1. The first-order valence-corrected chi connectivity index (χ1v) is 14.1. The van der Waals surface area contributed by atoms with Gasteiger partial charge in [0.25, 0.3) is 5.91 Å². The number of aryl methyl sites for hydroxylation is 2. The summed E-state index contributed by atoms with van der Waals surface area (Å²) in [6.07, 6.45) is 6.05. The summed E-state index contributed by atoms with van der Waals surface area (Å²) in [4.78, 5) is 39.2. The second kappa shape index (κ2) is 11.0. The molecule has 2 N–H and O–H groups in total. The second-order valence-electron chi connectivity index (χ2n) is 11.5. The van der Waals surface area contributed by atoms with E-state index in [4.69, 9.17) is 4.74 Å². The standard InChI is InChI=1S/C30H36N8O3/c1-18-12-21-13-24(32-18)23-15-31-37(4)29(23)41-11-5-6-20(19-7-8-19)16-38-26-10-9-22(33-27(39)17-36(2)3)14-25(26)34-30(38)35-28(21)40/h9-10,12-15,19-20H,5-8,11,16-17H2,1-4H3,(H,33,39)(H,34,35,40)/t20-/m1/s1. The minimum atomic E-state index is -0.360. The zero-order valence-corrected chi connectivity index (χ0v) is 24.0. The van der Waals surface area contributed by atoms with E-state index < -0.39 is 0 Å².